The number of piperidine rings is 1. The van der Waals surface area contributed by atoms with E-state index in [2.05, 4.69) is 37.2 Å². The molecule has 0 bridgehead atoms. The highest BCUT2D eigenvalue weighted by Crippen LogP contribution is 2.25. The van der Waals surface area contributed by atoms with E-state index in [9.17, 15) is 4.79 Å². The Labute approximate surface area is 131 Å². The molecule has 19 heavy (non-hydrogen) atoms. The Bertz CT molecular complexity index is 463. The molecule has 0 radical (unpaired) electrons. The van der Waals surface area contributed by atoms with Crippen LogP contribution < -0.4 is 5.32 Å². The standard InChI is InChI=1S/C14H18Br2N2O/c1-17-8-10-3-2-6-18(9-10)14(19)12-7-11(15)4-5-13(12)16/h4-5,7,10,17H,2-3,6,8-9H2,1H3. The van der Waals surface area contributed by atoms with E-state index in [1.54, 1.807) is 0 Å². The SMILES string of the molecule is CNCC1CCCN(C(=O)c2cc(Br)ccc2Br)C1. The summed E-state index contributed by atoms with van der Waals surface area (Å²) >= 11 is 6.89. The van der Waals surface area contributed by atoms with Crippen molar-refractivity contribution >= 4 is 37.8 Å². The van der Waals surface area contributed by atoms with E-state index in [4.69, 9.17) is 0 Å². The normalized spacial score (nSPS) is 19.5. The van der Waals surface area contributed by atoms with E-state index in [1.165, 1.54) is 6.42 Å². The van der Waals surface area contributed by atoms with Crippen LogP contribution in [0.2, 0.25) is 0 Å². The maximum Gasteiger partial charge on any atom is 0.255 e. The van der Waals surface area contributed by atoms with Gasteiger partial charge in [0.2, 0.25) is 0 Å². The first-order valence-corrected chi connectivity index (χ1v) is 8.09. The highest BCUT2D eigenvalue weighted by Gasteiger charge is 2.25. The summed E-state index contributed by atoms with van der Waals surface area (Å²) in [4.78, 5) is 14.5. The molecule has 1 aromatic carbocycles. The first kappa shape index (κ1) is 15.0. The summed E-state index contributed by atoms with van der Waals surface area (Å²) in [5.74, 6) is 0.683. The Balaban J connectivity index is 2.12. The third-order valence-corrected chi connectivity index (χ3v) is 4.64. The van der Waals surface area contributed by atoms with E-state index in [0.29, 0.717) is 5.92 Å². The van der Waals surface area contributed by atoms with E-state index < -0.39 is 0 Å². The molecule has 104 valence electrons. The van der Waals surface area contributed by atoms with Crippen LogP contribution in [0.25, 0.3) is 0 Å². The maximum absolute atomic E-state index is 12.6. The van der Waals surface area contributed by atoms with Gasteiger partial charge in [-0.3, -0.25) is 4.79 Å². The lowest BCUT2D eigenvalue weighted by Gasteiger charge is -2.33. The van der Waals surface area contributed by atoms with Crippen LogP contribution in [0.4, 0.5) is 0 Å². The van der Waals surface area contributed by atoms with Gasteiger partial charge in [-0.05, 0) is 66.5 Å². The van der Waals surface area contributed by atoms with Crippen molar-refractivity contribution in [3.05, 3.63) is 32.7 Å². The molecule has 1 heterocycles. The highest BCUT2D eigenvalue weighted by molar-refractivity contribution is 9.11. The number of hydrogen-bond acceptors (Lipinski definition) is 2. The summed E-state index contributed by atoms with van der Waals surface area (Å²) in [7, 11) is 1.96. The van der Waals surface area contributed by atoms with E-state index in [1.807, 2.05) is 30.1 Å². The fourth-order valence-electron chi connectivity index (χ4n) is 2.54. The largest absolute Gasteiger partial charge is 0.338 e. The Morgan fingerprint density at radius 1 is 1.47 bits per heavy atom. The quantitative estimate of drug-likeness (QED) is 0.860. The van der Waals surface area contributed by atoms with Crippen LogP contribution >= 0.6 is 31.9 Å². The Morgan fingerprint density at radius 3 is 3.00 bits per heavy atom. The number of nitrogens with one attached hydrogen (secondary N) is 1. The van der Waals surface area contributed by atoms with Gasteiger partial charge in [0.15, 0.2) is 0 Å². The van der Waals surface area contributed by atoms with Crippen LogP contribution in [-0.4, -0.2) is 37.5 Å². The molecule has 0 aromatic heterocycles. The number of halogens is 2. The molecule has 1 N–H and O–H groups in total. The number of hydrogen-bond donors (Lipinski definition) is 1. The van der Waals surface area contributed by atoms with Gasteiger partial charge < -0.3 is 10.2 Å². The predicted octanol–water partition coefficient (Wildman–Crippen LogP) is 3.28. The zero-order chi connectivity index (χ0) is 13.8. The van der Waals surface area contributed by atoms with Crippen molar-refractivity contribution in [2.45, 2.75) is 12.8 Å². The third kappa shape index (κ3) is 3.80. The molecule has 1 atom stereocenters. The second-order valence-electron chi connectivity index (χ2n) is 4.94. The summed E-state index contributed by atoms with van der Waals surface area (Å²) in [6.07, 6.45) is 2.29. The molecule has 0 spiro atoms. The number of rotatable bonds is 3. The van der Waals surface area contributed by atoms with Crippen molar-refractivity contribution in [2.75, 3.05) is 26.7 Å². The fourth-order valence-corrected chi connectivity index (χ4v) is 3.31. The van der Waals surface area contributed by atoms with Crippen molar-refractivity contribution in [3.63, 3.8) is 0 Å². The predicted molar refractivity (Wildman–Crippen MR) is 84.4 cm³/mol. The van der Waals surface area contributed by atoms with Gasteiger partial charge in [0.25, 0.3) is 5.91 Å². The van der Waals surface area contributed by atoms with Gasteiger partial charge in [-0.15, -0.1) is 0 Å². The van der Waals surface area contributed by atoms with Gasteiger partial charge in [-0.1, -0.05) is 15.9 Å². The van der Waals surface area contributed by atoms with Gasteiger partial charge in [-0.2, -0.15) is 0 Å². The zero-order valence-electron chi connectivity index (χ0n) is 11.0. The number of likely N-dealkylation sites (tertiary alicyclic amines) is 1. The molecule has 2 rings (SSSR count). The second-order valence-corrected chi connectivity index (χ2v) is 6.71. The fraction of sp³-hybridized carbons (Fsp3) is 0.500. The average molecular weight is 390 g/mol. The summed E-state index contributed by atoms with van der Waals surface area (Å²) in [6.45, 7) is 2.68. The molecule has 1 aliphatic heterocycles. The molecule has 5 heteroatoms. The molecule has 0 saturated carbocycles. The average Bonchev–Trinajstić information content (AvgIpc) is 2.41. The van der Waals surface area contributed by atoms with E-state index in [-0.39, 0.29) is 5.91 Å². The van der Waals surface area contributed by atoms with E-state index >= 15 is 0 Å². The number of amides is 1. The van der Waals surface area contributed by atoms with Gasteiger partial charge in [0.1, 0.15) is 0 Å². The van der Waals surface area contributed by atoms with Crippen molar-refractivity contribution in [3.8, 4) is 0 Å². The minimum atomic E-state index is 0.119. The summed E-state index contributed by atoms with van der Waals surface area (Å²) in [6, 6.07) is 5.72. The van der Waals surface area contributed by atoms with Crippen molar-refractivity contribution in [2.24, 2.45) is 5.92 Å². The number of carbonyl (C=O) groups is 1. The van der Waals surface area contributed by atoms with Crippen LogP contribution in [-0.2, 0) is 0 Å². The highest BCUT2D eigenvalue weighted by atomic mass is 79.9. The van der Waals surface area contributed by atoms with Crippen LogP contribution in [0.5, 0.6) is 0 Å². The topological polar surface area (TPSA) is 32.3 Å². The van der Waals surface area contributed by atoms with Crippen molar-refractivity contribution in [1.29, 1.82) is 0 Å². The smallest absolute Gasteiger partial charge is 0.255 e. The summed E-state index contributed by atoms with van der Waals surface area (Å²) in [5.41, 5.74) is 0.736. The van der Waals surface area contributed by atoms with Crippen LogP contribution in [0.3, 0.4) is 0 Å². The molecule has 1 unspecified atom stereocenters. The molecule has 1 aliphatic rings. The van der Waals surface area contributed by atoms with Crippen molar-refractivity contribution < 1.29 is 4.79 Å². The Morgan fingerprint density at radius 2 is 2.26 bits per heavy atom. The zero-order valence-corrected chi connectivity index (χ0v) is 14.1. The molecule has 0 aliphatic carbocycles. The monoisotopic (exact) mass is 388 g/mol. The molecular weight excluding hydrogens is 372 g/mol. The lowest BCUT2D eigenvalue weighted by molar-refractivity contribution is 0.0673. The number of carbonyl (C=O) groups excluding carboxylic acids is 1. The lowest BCUT2D eigenvalue weighted by Crippen LogP contribution is -2.42. The van der Waals surface area contributed by atoms with Crippen LogP contribution in [0.15, 0.2) is 27.1 Å². The molecule has 1 amide bonds. The van der Waals surface area contributed by atoms with Crippen LogP contribution in [0, 0.1) is 5.92 Å². The Hall–Kier alpha value is -0.390. The first-order valence-electron chi connectivity index (χ1n) is 6.50. The lowest BCUT2D eigenvalue weighted by atomic mass is 9.97. The first-order chi connectivity index (χ1) is 9.11. The van der Waals surface area contributed by atoms with Gasteiger partial charge in [0.05, 0.1) is 5.56 Å². The molecule has 1 fully saturated rings. The summed E-state index contributed by atoms with van der Waals surface area (Å²) in [5, 5.41) is 3.20. The molecule has 1 aromatic rings. The number of benzene rings is 1. The van der Waals surface area contributed by atoms with Gasteiger partial charge in [0, 0.05) is 22.0 Å². The minimum Gasteiger partial charge on any atom is -0.338 e. The molecular formula is C14H18Br2N2O. The molecule has 1 saturated heterocycles. The molecule has 3 nitrogen and oxygen atoms in total. The van der Waals surface area contributed by atoms with Crippen LogP contribution in [0.1, 0.15) is 23.2 Å². The van der Waals surface area contributed by atoms with Gasteiger partial charge >= 0.3 is 0 Å². The van der Waals surface area contributed by atoms with E-state index in [0.717, 1.165) is 40.6 Å². The second kappa shape index (κ2) is 6.86. The number of nitrogens with zero attached hydrogens (tertiary/aromatic N) is 1. The third-order valence-electron chi connectivity index (χ3n) is 3.46. The van der Waals surface area contributed by atoms with Gasteiger partial charge in [-0.25, -0.2) is 0 Å². The Kier molecular flexibility index (Phi) is 5.42. The minimum absolute atomic E-state index is 0.119. The summed E-state index contributed by atoms with van der Waals surface area (Å²) < 4.78 is 1.79. The maximum atomic E-state index is 12.6. The van der Waals surface area contributed by atoms with Crippen molar-refractivity contribution in [1.82, 2.24) is 10.2 Å².